The summed E-state index contributed by atoms with van der Waals surface area (Å²) in [6.45, 7) is 2.05. The Morgan fingerprint density at radius 1 is 0.968 bits per heavy atom. The van der Waals surface area contributed by atoms with Crippen LogP contribution in [0.5, 0.6) is 0 Å². The molecule has 7 nitrogen and oxygen atoms in total. The summed E-state index contributed by atoms with van der Waals surface area (Å²) in [5, 5.41) is 5.45. The fourth-order valence-corrected chi connectivity index (χ4v) is 4.18. The molecule has 1 aliphatic heterocycles. The van der Waals surface area contributed by atoms with Gasteiger partial charge in [0.15, 0.2) is 0 Å². The van der Waals surface area contributed by atoms with Gasteiger partial charge in [-0.05, 0) is 35.4 Å². The average Bonchev–Trinajstić information content (AvgIpc) is 2.80. The van der Waals surface area contributed by atoms with Crippen LogP contribution in [-0.4, -0.2) is 66.3 Å². The van der Waals surface area contributed by atoms with Crippen LogP contribution in [0, 0.1) is 0 Å². The summed E-state index contributed by atoms with van der Waals surface area (Å²) in [5.74, 6) is 2.02. The van der Waals surface area contributed by atoms with E-state index in [0.29, 0.717) is 24.2 Å². The number of nitrogens with zero attached hydrogens (tertiary/aromatic N) is 2. The topological polar surface area (TPSA) is 81.8 Å². The molecular formula is C23H28N4O3S. The van der Waals surface area contributed by atoms with E-state index in [4.69, 9.17) is 0 Å². The summed E-state index contributed by atoms with van der Waals surface area (Å²) in [7, 11) is 3.30. The molecule has 2 aromatic rings. The maximum atomic E-state index is 12.5. The first-order chi connectivity index (χ1) is 15.0. The molecule has 1 saturated heterocycles. The minimum atomic E-state index is -0.231. The van der Waals surface area contributed by atoms with E-state index in [2.05, 4.69) is 10.6 Å². The van der Waals surface area contributed by atoms with Crippen molar-refractivity contribution in [3.8, 4) is 0 Å². The summed E-state index contributed by atoms with van der Waals surface area (Å²) < 4.78 is 0. The summed E-state index contributed by atoms with van der Waals surface area (Å²) >= 11 is 1.88. The Kier molecular flexibility index (Phi) is 7.94. The standard InChI is InChI=1S/C23H28N4O3S/c1-24-22(29)19-7-3-18(4-8-19)16-26(2)23(30)25-20-9-5-17(6-10-20)15-21(28)27-11-13-31-14-12-27/h3-10H,11-16H2,1-2H3,(H,24,29)(H,25,30). The maximum Gasteiger partial charge on any atom is 0.321 e. The highest BCUT2D eigenvalue weighted by Crippen LogP contribution is 2.15. The molecule has 2 aromatic carbocycles. The van der Waals surface area contributed by atoms with Crippen LogP contribution in [0.15, 0.2) is 48.5 Å². The highest BCUT2D eigenvalue weighted by Gasteiger charge is 2.17. The zero-order chi connectivity index (χ0) is 22.2. The van der Waals surface area contributed by atoms with Gasteiger partial charge < -0.3 is 20.4 Å². The van der Waals surface area contributed by atoms with Gasteiger partial charge in [-0.25, -0.2) is 4.79 Å². The number of urea groups is 1. The van der Waals surface area contributed by atoms with E-state index in [1.165, 1.54) is 0 Å². The molecule has 0 unspecified atom stereocenters. The van der Waals surface area contributed by atoms with Gasteiger partial charge in [0, 0.05) is 56.5 Å². The normalized spacial score (nSPS) is 13.4. The number of rotatable bonds is 6. The van der Waals surface area contributed by atoms with Crippen LogP contribution >= 0.6 is 11.8 Å². The molecule has 0 spiro atoms. The molecule has 0 saturated carbocycles. The Bertz CT molecular complexity index is 909. The van der Waals surface area contributed by atoms with Gasteiger partial charge in [-0.15, -0.1) is 0 Å². The highest BCUT2D eigenvalue weighted by molar-refractivity contribution is 7.99. The van der Waals surface area contributed by atoms with Crippen LogP contribution in [0.25, 0.3) is 0 Å². The molecule has 2 N–H and O–H groups in total. The number of carbonyl (C=O) groups excluding carboxylic acids is 3. The molecule has 0 aliphatic carbocycles. The predicted molar refractivity (Wildman–Crippen MR) is 124 cm³/mol. The van der Waals surface area contributed by atoms with Gasteiger partial charge in [-0.1, -0.05) is 24.3 Å². The van der Waals surface area contributed by atoms with Crippen molar-refractivity contribution in [1.29, 1.82) is 0 Å². The summed E-state index contributed by atoms with van der Waals surface area (Å²) in [4.78, 5) is 40.0. The third kappa shape index (κ3) is 6.49. The molecule has 0 aromatic heterocycles. The van der Waals surface area contributed by atoms with Gasteiger partial charge >= 0.3 is 6.03 Å². The number of anilines is 1. The van der Waals surface area contributed by atoms with Crippen molar-refractivity contribution in [1.82, 2.24) is 15.1 Å². The lowest BCUT2D eigenvalue weighted by Crippen LogP contribution is -2.38. The van der Waals surface area contributed by atoms with Crippen LogP contribution in [0.1, 0.15) is 21.5 Å². The molecule has 0 bridgehead atoms. The van der Waals surface area contributed by atoms with Crippen molar-refractivity contribution in [2.75, 3.05) is 44.0 Å². The molecule has 8 heteroatoms. The van der Waals surface area contributed by atoms with E-state index in [0.717, 1.165) is 35.7 Å². The number of hydrogen-bond donors (Lipinski definition) is 2. The van der Waals surface area contributed by atoms with Gasteiger partial charge in [0.05, 0.1) is 6.42 Å². The molecule has 1 heterocycles. The summed E-state index contributed by atoms with van der Waals surface area (Å²) in [6, 6.07) is 14.3. The summed E-state index contributed by atoms with van der Waals surface area (Å²) in [5.41, 5.74) is 3.12. The quantitative estimate of drug-likeness (QED) is 0.724. The van der Waals surface area contributed by atoms with Crippen LogP contribution in [0.3, 0.4) is 0 Å². The summed E-state index contributed by atoms with van der Waals surface area (Å²) in [6.07, 6.45) is 0.380. The molecular weight excluding hydrogens is 412 g/mol. The van der Waals surface area contributed by atoms with E-state index in [-0.39, 0.29) is 17.8 Å². The van der Waals surface area contributed by atoms with Gasteiger partial charge in [0.1, 0.15) is 0 Å². The Morgan fingerprint density at radius 2 is 1.58 bits per heavy atom. The van der Waals surface area contributed by atoms with E-state index in [9.17, 15) is 14.4 Å². The van der Waals surface area contributed by atoms with Crippen molar-refractivity contribution >= 4 is 35.3 Å². The fourth-order valence-electron chi connectivity index (χ4n) is 3.28. The van der Waals surface area contributed by atoms with Crippen LogP contribution in [0.4, 0.5) is 10.5 Å². The Balaban J connectivity index is 1.50. The number of nitrogens with one attached hydrogen (secondary N) is 2. The molecule has 4 amide bonds. The molecule has 1 fully saturated rings. The zero-order valence-electron chi connectivity index (χ0n) is 17.9. The van der Waals surface area contributed by atoms with Gasteiger partial charge in [-0.2, -0.15) is 11.8 Å². The third-order valence-electron chi connectivity index (χ3n) is 5.13. The molecule has 0 atom stereocenters. The highest BCUT2D eigenvalue weighted by atomic mass is 32.2. The van der Waals surface area contributed by atoms with Gasteiger partial charge in [0.25, 0.3) is 5.91 Å². The van der Waals surface area contributed by atoms with Crippen molar-refractivity contribution in [3.05, 3.63) is 65.2 Å². The number of carbonyl (C=O) groups is 3. The first kappa shape index (κ1) is 22.7. The Labute approximate surface area is 187 Å². The number of thioether (sulfide) groups is 1. The SMILES string of the molecule is CNC(=O)c1ccc(CN(C)C(=O)Nc2ccc(CC(=O)N3CCSCC3)cc2)cc1. The number of amides is 4. The van der Waals surface area contributed by atoms with Gasteiger partial charge in [-0.3, -0.25) is 9.59 Å². The first-order valence-electron chi connectivity index (χ1n) is 10.2. The average molecular weight is 441 g/mol. The van der Waals surface area contributed by atoms with Crippen molar-refractivity contribution in [2.45, 2.75) is 13.0 Å². The Morgan fingerprint density at radius 3 is 2.19 bits per heavy atom. The lowest BCUT2D eigenvalue weighted by Gasteiger charge is -2.26. The smallest absolute Gasteiger partial charge is 0.321 e. The lowest BCUT2D eigenvalue weighted by atomic mass is 10.1. The van der Waals surface area contributed by atoms with E-state index < -0.39 is 0 Å². The zero-order valence-corrected chi connectivity index (χ0v) is 18.7. The monoisotopic (exact) mass is 440 g/mol. The number of benzene rings is 2. The molecule has 164 valence electrons. The second-order valence-corrected chi connectivity index (χ2v) is 8.65. The van der Waals surface area contributed by atoms with Crippen molar-refractivity contribution in [3.63, 3.8) is 0 Å². The minimum absolute atomic E-state index is 0.141. The molecule has 31 heavy (non-hydrogen) atoms. The van der Waals surface area contributed by atoms with Gasteiger partial charge in [0.2, 0.25) is 5.91 Å². The predicted octanol–water partition coefficient (Wildman–Crippen LogP) is 2.83. The van der Waals surface area contributed by atoms with Crippen LogP contribution in [0.2, 0.25) is 0 Å². The molecule has 0 radical (unpaired) electrons. The maximum absolute atomic E-state index is 12.5. The van der Waals surface area contributed by atoms with E-state index in [1.54, 1.807) is 31.1 Å². The van der Waals surface area contributed by atoms with E-state index >= 15 is 0 Å². The number of hydrogen-bond acceptors (Lipinski definition) is 4. The third-order valence-corrected chi connectivity index (χ3v) is 6.08. The van der Waals surface area contributed by atoms with Crippen LogP contribution in [-0.2, 0) is 17.8 Å². The second-order valence-electron chi connectivity index (χ2n) is 7.43. The first-order valence-corrected chi connectivity index (χ1v) is 11.4. The molecule has 1 aliphatic rings. The lowest BCUT2D eigenvalue weighted by molar-refractivity contribution is -0.130. The minimum Gasteiger partial charge on any atom is -0.355 e. The Hall–Kier alpha value is -3.00. The van der Waals surface area contributed by atoms with Crippen molar-refractivity contribution in [2.24, 2.45) is 0 Å². The fraction of sp³-hybridized carbons (Fsp3) is 0.348. The van der Waals surface area contributed by atoms with Crippen molar-refractivity contribution < 1.29 is 14.4 Å². The largest absolute Gasteiger partial charge is 0.355 e. The van der Waals surface area contributed by atoms with E-state index in [1.807, 2.05) is 53.1 Å². The molecule has 3 rings (SSSR count). The second kappa shape index (κ2) is 10.9. The van der Waals surface area contributed by atoms with Crippen LogP contribution < -0.4 is 10.6 Å².